The molecule has 1 aliphatic heterocycles. The third-order valence-corrected chi connectivity index (χ3v) is 5.17. The van der Waals surface area contributed by atoms with Crippen LogP contribution < -0.4 is 5.43 Å². The van der Waals surface area contributed by atoms with Crippen LogP contribution in [0.5, 0.6) is 0 Å². The second kappa shape index (κ2) is 6.97. The number of benzene rings is 2. The number of nitrogens with zero attached hydrogens (tertiary/aromatic N) is 1. The lowest BCUT2D eigenvalue weighted by Crippen LogP contribution is -2.37. The largest absolute Gasteiger partial charge is 0.456 e. The lowest BCUT2D eigenvalue weighted by Gasteiger charge is -2.30. The van der Waals surface area contributed by atoms with Crippen LogP contribution in [-0.2, 0) is 4.18 Å². The van der Waals surface area contributed by atoms with E-state index < -0.39 is 0 Å². The van der Waals surface area contributed by atoms with Gasteiger partial charge in [0.25, 0.3) is 0 Å². The van der Waals surface area contributed by atoms with Gasteiger partial charge in [0.1, 0.15) is 11.2 Å². The molecule has 0 atom stereocenters. The molecule has 0 N–H and O–H groups in total. The van der Waals surface area contributed by atoms with E-state index in [1.165, 1.54) is 31.6 Å². The highest BCUT2D eigenvalue weighted by Crippen LogP contribution is 2.28. The van der Waals surface area contributed by atoms with Crippen LogP contribution in [0.1, 0.15) is 12.8 Å². The minimum Gasteiger partial charge on any atom is -0.456 e. The summed E-state index contributed by atoms with van der Waals surface area (Å²) in [5.41, 5.74) is 1.22. The molecule has 5 heteroatoms. The Bertz CT molecular complexity index is 917. The van der Waals surface area contributed by atoms with E-state index in [4.69, 9.17) is 8.60 Å². The molecule has 4 nitrogen and oxygen atoms in total. The molecule has 1 saturated heterocycles. The van der Waals surface area contributed by atoms with Gasteiger partial charge in [0.05, 0.1) is 22.3 Å². The Morgan fingerprint density at radius 3 is 2.75 bits per heavy atom. The third-order valence-electron chi connectivity index (χ3n) is 4.37. The number of hydrogen-bond donors (Lipinski definition) is 0. The zero-order valence-corrected chi connectivity index (χ0v) is 14.2. The quantitative estimate of drug-likeness (QED) is 0.384. The van der Waals surface area contributed by atoms with E-state index in [-0.39, 0.29) is 5.43 Å². The van der Waals surface area contributed by atoms with Crippen molar-refractivity contribution >= 4 is 34.0 Å². The Morgan fingerprint density at radius 1 is 1.08 bits per heavy atom. The van der Waals surface area contributed by atoms with Crippen LogP contribution in [0.25, 0.3) is 21.9 Å². The molecule has 0 radical (unpaired) electrons. The molecule has 124 valence electrons. The molecule has 0 spiro atoms. The maximum absolute atomic E-state index is 12.8. The second-order valence-corrected chi connectivity index (χ2v) is 6.85. The third kappa shape index (κ3) is 3.07. The summed E-state index contributed by atoms with van der Waals surface area (Å²) < 4.78 is 11.6. The first-order valence-electron chi connectivity index (χ1n) is 8.29. The van der Waals surface area contributed by atoms with Gasteiger partial charge in [-0.2, -0.15) is 0 Å². The molecule has 2 aromatic carbocycles. The van der Waals surface area contributed by atoms with Gasteiger partial charge in [0.15, 0.2) is 0 Å². The predicted octanol–water partition coefficient (Wildman–Crippen LogP) is 4.07. The first-order valence-corrected chi connectivity index (χ1v) is 9.03. The van der Waals surface area contributed by atoms with Gasteiger partial charge in [-0.3, -0.25) is 4.79 Å². The second-order valence-electron chi connectivity index (χ2n) is 6.01. The van der Waals surface area contributed by atoms with E-state index in [1.807, 2.05) is 36.4 Å². The van der Waals surface area contributed by atoms with E-state index in [2.05, 4.69) is 4.90 Å². The van der Waals surface area contributed by atoms with Gasteiger partial charge >= 0.3 is 0 Å². The SMILES string of the molecule is O=c1c2ccccc2oc2cccc(SOCCCN3CCC3)c12. The van der Waals surface area contributed by atoms with Gasteiger partial charge in [0.2, 0.25) is 5.43 Å². The number of para-hydroxylation sites is 1. The maximum Gasteiger partial charge on any atom is 0.201 e. The fourth-order valence-corrected chi connectivity index (χ4v) is 3.68. The minimum atomic E-state index is -0.000806. The Kier molecular flexibility index (Phi) is 4.56. The molecule has 3 aromatic rings. The van der Waals surface area contributed by atoms with Crippen LogP contribution in [0, 0.1) is 0 Å². The van der Waals surface area contributed by atoms with Crippen LogP contribution in [0.15, 0.2) is 56.6 Å². The van der Waals surface area contributed by atoms with Crippen LogP contribution in [0.3, 0.4) is 0 Å². The van der Waals surface area contributed by atoms with E-state index in [9.17, 15) is 4.79 Å². The van der Waals surface area contributed by atoms with Gasteiger partial charge in [0, 0.05) is 18.6 Å². The molecule has 0 unspecified atom stereocenters. The Hall–Kier alpha value is -1.82. The fraction of sp³-hybridized carbons (Fsp3) is 0.316. The fourth-order valence-electron chi connectivity index (χ4n) is 2.94. The summed E-state index contributed by atoms with van der Waals surface area (Å²) in [6.07, 6.45) is 2.32. The summed E-state index contributed by atoms with van der Waals surface area (Å²) >= 11 is 1.27. The van der Waals surface area contributed by atoms with Crippen LogP contribution in [0.4, 0.5) is 0 Å². The summed E-state index contributed by atoms with van der Waals surface area (Å²) in [6, 6.07) is 13.0. The highest BCUT2D eigenvalue weighted by atomic mass is 32.2. The summed E-state index contributed by atoms with van der Waals surface area (Å²) in [6.45, 7) is 4.19. The number of rotatable bonds is 6. The Morgan fingerprint density at radius 2 is 1.92 bits per heavy atom. The molecule has 1 aromatic heterocycles. The molecule has 0 saturated carbocycles. The van der Waals surface area contributed by atoms with Crippen molar-refractivity contribution in [1.82, 2.24) is 4.90 Å². The van der Waals surface area contributed by atoms with Gasteiger partial charge < -0.3 is 13.5 Å². The molecule has 1 fully saturated rings. The zero-order chi connectivity index (χ0) is 16.4. The maximum atomic E-state index is 12.8. The van der Waals surface area contributed by atoms with Crippen molar-refractivity contribution in [3.8, 4) is 0 Å². The number of likely N-dealkylation sites (tertiary alicyclic amines) is 1. The van der Waals surface area contributed by atoms with Crippen molar-refractivity contribution in [2.75, 3.05) is 26.2 Å². The van der Waals surface area contributed by atoms with Crippen molar-refractivity contribution < 1.29 is 8.60 Å². The van der Waals surface area contributed by atoms with Gasteiger partial charge in [-0.25, -0.2) is 0 Å². The van der Waals surface area contributed by atoms with Crippen LogP contribution in [0.2, 0.25) is 0 Å². The van der Waals surface area contributed by atoms with E-state index in [1.54, 1.807) is 6.07 Å². The summed E-state index contributed by atoms with van der Waals surface area (Å²) in [5, 5.41) is 1.21. The predicted molar refractivity (Wildman–Crippen MR) is 97.5 cm³/mol. The first kappa shape index (κ1) is 15.7. The molecule has 0 bridgehead atoms. The molecule has 24 heavy (non-hydrogen) atoms. The summed E-state index contributed by atoms with van der Waals surface area (Å²) in [5.74, 6) is 0. The van der Waals surface area contributed by atoms with Crippen molar-refractivity contribution in [3.05, 3.63) is 52.7 Å². The minimum absolute atomic E-state index is 0.000806. The van der Waals surface area contributed by atoms with Crippen molar-refractivity contribution in [2.24, 2.45) is 0 Å². The topological polar surface area (TPSA) is 42.7 Å². The standard InChI is InChI=1S/C19H19NO3S/c21-19-14-6-1-2-7-15(14)23-16-8-3-9-17(18(16)19)24-22-13-5-12-20-10-4-11-20/h1-3,6-9H,4-5,10-13H2. The van der Waals surface area contributed by atoms with Crippen molar-refractivity contribution in [3.63, 3.8) is 0 Å². The molecule has 0 amide bonds. The van der Waals surface area contributed by atoms with E-state index >= 15 is 0 Å². The van der Waals surface area contributed by atoms with E-state index in [0.717, 1.165) is 17.9 Å². The highest BCUT2D eigenvalue weighted by Gasteiger charge is 2.14. The van der Waals surface area contributed by atoms with Crippen LogP contribution in [-0.4, -0.2) is 31.1 Å². The summed E-state index contributed by atoms with van der Waals surface area (Å²) in [4.78, 5) is 16.0. The summed E-state index contributed by atoms with van der Waals surface area (Å²) in [7, 11) is 0. The lowest BCUT2D eigenvalue weighted by atomic mass is 10.1. The van der Waals surface area contributed by atoms with Crippen molar-refractivity contribution in [1.29, 1.82) is 0 Å². The number of hydrogen-bond acceptors (Lipinski definition) is 5. The van der Waals surface area contributed by atoms with Crippen LogP contribution >= 0.6 is 12.0 Å². The van der Waals surface area contributed by atoms with Gasteiger partial charge in [-0.05, 0) is 50.2 Å². The average molecular weight is 341 g/mol. The Balaban J connectivity index is 1.54. The molecule has 1 aliphatic rings. The van der Waals surface area contributed by atoms with Gasteiger partial charge in [-0.15, -0.1) is 0 Å². The smallest absolute Gasteiger partial charge is 0.201 e. The van der Waals surface area contributed by atoms with Crippen molar-refractivity contribution in [2.45, 2.75) is 17.7 Å². The normalized spacial score (nSPS) is 15.0. The molecule has 0 aliphatic carbocycles. The zero-order valence-electron chi connectivity index (χ0n) is 13.4. The van der Waals surface area contributed by atoms with E-state index in [0.29, 0.717) is 28.5 Å². The molecular formula is C19H19NO3S. The molecule has 2 heterocycles. The lowest BCUT2D eigenvalue weighted by molar-refractivity contribution is 0.169. The highest BCUT2D eigenvalue weighted by molar-refractivity contribution is 7.95. The monoisotopic (exact) mass is 341 g/mol. The Labute approximate surface area is 144 Å². The molecular weight excluding hydrogens is 322 g/mol. The average Bonchev–Trinajstić information content (AvgIpc) is 2.56. The number of fused-ring (bicyclic) bond motifs is 2. The van der Waals surface area contributed by atoms with Gasteiger partial charge in [-0.1, -0.05) is 18.2 Å². The molecule has 4 rings (SSSR count). The first-order chi connectivity index (χ1) is 11.8.